The SMILES string of the molecule is Cc1cc(Cl)ccc1CNc1ccc(Cl)c(F)c1. The largest absolute Gasteiger partial charge is 0.381 e. The van der Waals surface area contributed by atoms with Crippen LogP contribution in [0, 0.1) is 12.7 Å². The van der Waals surface area contributed by atoms with Gasteiger partial charge in [0.05, 0.1) is 5.02 Å². The third-order valence-corrected chi connectivity index (χ3v) is 3.25. The Bertz CT molecular complexity index is 570. The number of hydrogen-bond donors (Lipinski definition) is 1. The zero-order valence-electron chi connectivity index (χ0n) is 9.81. The second-order valence-electron chi connectivity index (χ2n) is 4.05. The highest BCUT2D eigenvalue weighted by Gasteiger charge is 2.02. The monoisotopic (exact) mass is 283 g/mol. The van der Waals surface area contributed by atoms with Gasteiger partial charge in [0.1, 0.15) is 5.82 Å². The van der Waals surface area contributed by atoms with Crippen LogP contribution < -0.4 is 5.32 Å². The lowest BCUT2D eigenvalue weighted by Crippen LogP contribution is -2.01. The van der Waals surface area contributed by atoms with E-state index in [2.05, 4.69) is 5.32 Å². The molecule has 4 heteroatoms. The molecule has 0 saturated carbocycles. The molecule has 2 aromatic carbocycles. The molecule has 0 aliphatic heterocycles. The van der Waals surface area contributed by atoms with Crippen molar-refractivity contribution in [1.29, 1.82) is 0 Å². The highest BCUT2D eigenvalue weighted by atomic mass is 35.5. The maximum absolute atomic E-state index is 13.2. The summed E-state index contributed by atoms with van der Waals surface area (Å²) in [6.45, 7) is 2.61. The lowest BCUT2D eigenvalue weighted by Gasteiger charge is -2.09. The van der Waals surface area contributed by atoms with Gasteiger partial charge in [-0.05, 0) is 48.4 Å². The standard InChI is InChI=1S/C14H12Cl2FN/c1-9-6-11(15)3-2-10(9)8-18-12-4-5-13(16)14(17)7-12/h2-7,18H,8H2,1H3. The normalized spacial score (nSPS) is 10.4. The Hall–Kier alpha value is -1.25. The second kappa shape index (κ2) is 5.59. The average Bonchev–Trinajstić information content (AvgIpc) is 2.32. The molecule has 1 N–H and O–H groups in total. The van der Waals surface area contributed by atoms with E-state index >= 15 is 0 Å². The Morgan fingerprint density at radius 3 is 2.56 bits per heavy atom. The Balaban J connectivity index is 2.09. The predicted octanol–water partition coefficient (Wildman–Crippen LogP) is 5.05. The summed E-state index contributed by atoms with van der Waals surface area (Å²) in [4.78, 5) is 0. The summed E-state index contributed by atoms with van der Waals surface area (Å²) in [6, 6.07) is 10.4. The number of hydrogen-bond acceptors (Lipinski definition) is 1. The molecule has 0 bridgehead atoms. The molecule has 0 fully saturated rings. The third kappa shape index (κ3) is 3.15. The Morgan fingerprint density at radius 1 is 1.11 bits per heavy atom. The van der Waals surface area contributed by atoms with Crippen LogP contribution in [-0.2, 0) is 6.54 Å². The van der Waals surface area contributed by atoms with Gasteiger partial charge < -0.3 is 5.32 Å². The predicted molar refractivity (Wildman–Crippen MR) is 74.9 cm³/mol. The first kappa shape index (κ1) is 13.2. The van der Waals surface area contributed by atoms with Crippen molar-refractivity contribution in [2.75, 3.05) is 5.32 Å². The van der Waals surface area contributed by atoms with Crippen LogP contribution in [0.1, 0.15) is 11.1 Å². The molecule has 0 aliphatic carbocycles. The molecule has 0 heterocycles. The molecular weight excluding hydrogens is 272 g/mol. The van der Waals surface area contributed by atoms with Crippen LogP contribution in [0.5, 0.6) is 0 Å². The molecular formula is C14H12Cl2FN. The summed E-state index contributed by atoms with van der Waals surface area (Å²) >= 11 is 11.5. The summed E-state index contributed by atoms with van der Waals surface area (Å²) in [7, 11) is 0. The molecule has 18 heavy (non-hydrogen) atoms. The van der Waals surface area contributed by atoms with Crippen LogP contribution in [0.3, 0.4) is 0 Å². The Labute approximate surface area is 116 Å². The number of benzene rings is 2. The van der Waals surface area contributed by atoms with Gasteiger partial charge in [-0.2, -0.15) is 0 Å². The molecule has 0 saturated heterocycles. The maximum Gasteiger partial charge on any atom is 0.143 e. The van der Waals surface area contributed by atoms with Crippen LogP contribution in [0.15, 0.2) is 36.4 Å². The summed E-state index contributed by atoms with van der Waals surface area (Å²) in [5.74, 6) is -0.422. The minimum absolute atomic E-state index is 0.128. The van der Waals surface area contributed by atoms with Crippen LogP contribution in [0.25, 0.3) is 0 Å². The summed E-state index contributed by atoms with van der Waals surface area (Å²) in [5.41, 5.74) is 2.92. The van der Waals surface area contributed by atoms with E-state index in [0.29, 0.717) is 17.3 Å². The summed E-state index contributed by atoms with van der Waals surface area (Å²) in [6.07, 6.45) is 0. The van der Waals surface area contributed by atoms with Gasteiger partial charge in [0.2, 0.25) is 0 Å². The van der Waals surface area contributed by atoms with Gasteiger partial charge in [0, 0.05) is 17.3 Å². The van der Waals surface area contributed by atoms with E-state index < -0.39 is 5.82 Å². The van der Waals surface area contributed by atoms with E-state index in [-0.39, 0.29) is 5.02 Å². The fourth-order valence-electron chi connectivity index (χ4n) is 1.66. The Morgan fingerprint density at radius 2 is 1.89 bits per heavy atom. The minimum Gasteiger partial charge on any atom is -0.381 e. The Kier molecular flexibility index (Phi) is 4.10. The van der Waals surface area contributed by atoms with Crippen molar-refractivity contribution in [1.82, 2.24) is 0 Å². The first-order chi connectivity index (χ1) is 8.56. The van der Waals surface area contributed by atoms with Gasteiger partial charge in [-0.3, -0.25) is 0 Å². The highest BCUT2D eigenvalue weighted by molar-refractivity contribution is 6.31. The average molecular weight is 284 g/mol. The zero-order valence-corrected chi connectivity index (χ0v) is 11.3. The van der Waals surface area contributed by atoms with Crippen LogP contribution in [-0.4, -0.2) is 0 Å². The molecule has 2 rings (SSSR count). The molecule has 0 unspecified atom stereocenters. The lowest BCUT2D eigenvalue weighted by atomic mass is 10.1. The van der Waals surface area contributed by atoms with Gasteiger partial charge in [0.15, 0.2) is 0 Å². The lowest BCUT2D eigenvalue weighted by molar-refractivity contribution is 0.628. The fraction of sp³-hybridized carbons (Fsp3) is 0.143. The van der Waals surface area contributed by atoms with Crippen molar-refractivity contribution in [3.05, 3.63) is 63.4 Å². The topological polar surface area (TPSA) is 12.0 Å². The number of rotatable bonds is 3. The van der Waals surface area contributed by atoms with Gasteiger partial charge >= 0.3 is 0 Å². The van der Waals surface area contributed by atoms with E-state index in [0.717, 1.165) is 11.1 Å². The molecule has 0 atom stereocenters. The van der Waals surface area contributed by atoms with E-state index in [1.165, 1.54) is 12.1 Å². The summed E-state index contributed by atoms with van der Waals surface area (Å²) < 4.78 is 13.2. The van der Waals surface area contributed by atoms with Gasteiger partial charge in [0.25, 0.3) is 0 Å². The number of aryl methyl sites for hydroxylation is 1. The van der Waals surface area contributed by atoms with E-state index in [1.54, 1.807) is 6.07 Å². The molecule has 0 aromatic heterocycles. The number of nitrogens with one attached hydrogen (secondary N) is 1. The van der Waals surface area contributed by atoms with Crippen molar-refractivity contribution in [3.8, 4) is 0 Å². The minimum atomic E-state index is -0.422. The number of anilines is 1. The fourth-order valence-corrected chi connectivity index (χ4v) is 2.01. The van der Waals surface area contributed by atoms with Crippen LogP contribution >= 0.6 is 23.2 Å². The molecule has 0 radical (unpaired) electrons. The maximum atomic E-state index is 13.2. The van der Waals surface area contributed by atoms with Gasteiger partial charge in [-0.15, -0.1) is 0 Å². The molecule has 0 spiro atoms. The molecule has 94 valence electrons. The van der Waals surface area contributed by atoms with Gasteiger partial charge in [-0.1, -0.05) is 29.3 Å². The molecule has 1 nitrogen and oxygen atoms in total. The van der Waals surface area contributed by atoms with Crippen molar-refractivity contribution in [3.63, 3.8) is 0 Å². The first-order valence-corrected chi connectivity index (χ1v) is 6.26. The van der Waals surface area contributed by atoms with E-state index in [9.17, 15) is 4.39 Å². The quantitative estimate of drug-likeness (QED) is 0.831. The summed E-state index contributed by atoms with van der Waals surface area (Å²) in [5, 5.41) is 3.99. The van der Waals surface area contributed by atoms with E-state index in [1.807, 2.05) is 25.1 Å². The van der Waals surface area contributed by atoms with Crippen molar-refractivity contribution in [2.24, 2.45) is 0 Å². The third-order valence-electron chi connectivity index (χ3n) is 2.71. The molecule has 0 aliphatic rings. The van der Waals surface area contributed by atoms with Crippen molar-refractivity contribution >= 4 is 28.9 Å². The van der Waals surface area contributed by atoms with Crippen molar-refractivity contribution in [2.45, 2.75) is 13.5 Å². The molecule has 0 amide bonds. The van der Waals surface area contributed by atoms with Crippen LogP contribution in [0.2, 0.25) is 10.0 Å². The number of halogens is 3. The molecule has 2 aromatic rings. The van der Waals surface area contributed by atoms with Crippen LogP contribution in [0.4, 0.5) is 10.1 Å². The van der Waals surface area contributed by atoms with Crippen molar-refractivity contribution < 1.29 is 4.39 Å². The zero-order chi connectivity index (χ0) is 13.1. The van der Waals surface area contributed by atoms with Gasteiger partial charge in [-0.25, -0.2) is 4.39 Å². The van der Waals surface area contributed by atoms with E-state index in [4.69, 9.17) is 23.2 Å². The first-order valence-electron chi connectivity index (χ1n) is 5.50. The highest BCUT2D eigenvalue weighted by Crippen LogP contribution is 2.20. The second-order valence-corrected chi connectivity index (χ2v) is 4.90. The smallest absolute Gasteiger partial charge is 0.143 e.